The van der Waals surface area contributed by atoms with Crippen molar-refractivity contribution < 1.29 is 9.53 Å². The van der Waals surface area contributed by atoms with Crippen LogP contribution in [-0.4, -0.2) is 24.0 Å². The van der Waals surface area contributed by atoms with Gasteiger partial charge < -0.3 is 9.64 Å². The van der Waals surface area contributed by atoms with Crippen molar-refractivity contribution in [3.05, 3.63) is 74.1 Å². The van der Waals surface area contributed by atoms with Crippen LogP contribution < -0.4 is 4.74 Å². The predicted molar refractivity (Wildman–Crippen MR) is 103 cm³/mol. The first-order valence-electron chi connectivity index (χ1n) is 8.31. The van der Waals surface area contributed by atoms with Crippen molar-refractivity contribution in [3.8, 4) is 5.75 Å². The fraction of sp³-hybridized carbons (Fsp3) is 0.250. The Hall–Kier alpha value is -2.11. The summed E-state index contributed by atoms with van der Waals surface area (Å²) in [5, 5.41) is 4.20. The van der Waals surface area contributed by atoms with E-state index in [1.54, 1.807) is 22.7 Å². The zero-order chi connectivity index (χ0) is 17.2. The predicted octanol–water partition coefficient (Wildman–Crippen LogP) is 4.67. The fourth-order valence-corrected chi connectivity index (χ4v) is 5.04. The van der Waals surface area contributed by atoms with Gasteiger partial charge in [-0.3, -0.25) is 4.79 Å². The third-order valence-electron chi connectivity index (χ3n) is 4.54. The molecule has 5 heteroatoms. The maximum atomic E-state index is 12.9. The van der Waals surface area contributed by atoms with E-state index in [1.165, 1.54) is 15.3 Å². The Kier molecular flexibility index (Phi) is 4.59. The summed E-state index contributed by atoms with van der Waals surface area (Å²) in [6, 6.07) is 14.1. The second kappa shape index (κ2) is 7.02. The molecule has 0 unspecified atom stereocenters. The first-order valence-corrected chi connectivity index (χ1v) is 10.1. The van der Waals surface area contributed by atoms with E-state index in [1.807, 2.05) is 42.2 Å². The van der Waals surface area contributed by atoms with Crippen molar-refractivity contribution in [2.45, 2.75) is 19.4 Å². The standard InChI is InChI=1S/C20H19NO2S2/c1-14-5-2-3-6-16(14)23-13-19(22)21-10-8-17-15(9-12-25-17)20(21)18-7-4-11-24-18/h2-7,9,11-12,20H,8,10,13H2,1H3/t20-/m1/s1. The van der Waals surface area contributed by atoms with Crippen molar-refractivity contribution in [2.24, 2.45) is 0 Å². The molecule has 0 radical (unpaired) electrons. The van der Waals surface area contributed by atoms with Crippen molar-refractivity contribution in [2.75, 3.05) is 13.2 Å². The van der Waals surface area contributed by atoms with Crippen molar-refractivity contribution in [1.29, 1.82) is 0 Å². The number of hydrogen-bond donors (Lipinski definition) is 0. The van der Waals surface area contributed by atoms with Gasteiger partial charge in [0.1, 0.15) is 5.75 Å². The molecule has 3 aromatic rings. The molecule has 1 amide bonds. The number of aryl methyl sites for hydroxylation is 1. The number of amides is 1. The van der Waals surface area contributed by atoms with Crippen molar-refractivity contribution >= 4 is 28.6 Å². The lowest BCUT2D eigenvalue weighted by molar-refractivity contribution is -0.135. The van der Waals surface area contributed by atoms with Crippen LogP contribution in [0.25, 0.3) is 0 Å². The second-order valence-corrected chi connectivity index (χ2v) is 8.09. The SMILES string of the molecule is Cc1ccccc1OCC(=O)N1CCc2sccc2[C@@H]1c1cccs1. The lowest BCUT2D eigenvalue weighted by atomic mass is 9.98. The van der Waals surface area contributed by atoms with Gasteiger partial charge in [0.05, 0.1) is 6.04 Å². The Bertz CT molecular complexity index is 869. The minimum absolute atomic E-state index is 0.0166. The molecule has 0 saturated carbocycles. The number of para-hydroxylation sites is 1. The Morgan fingerprint density at radius 1 is 1.16 bits per heavy atom. The molecule has 2 aromatic heterocycles. The normalized spacial score (nSPS) is 16.5. The van der Waals surface area contributed by atoms with Crippen LogP contribution in [0.3, 0.4) is 0 Å². The summed E-state index contributed by atoms with van der Waals surface area (Å²) in [6.07, 6.45) is 0.922. The number of thiophene rings is 2. The summed E-state index contributed by atoms with van der Waals surface area (Å²) >= 11 is 3.49. The average Bonchev–Trinajstić information content (AvgIpc) is 3.31. The summed E-state index contributed by atoms with van der Waals surface area (Å²) in [5.41, 5.74) is 2.31. The molecule has 0 aliphatic carbocycles. The molecule has 0 bridgehead atoms. The van der Waals surface area contributed by atoms with Crippen LogP contribution in [0.15, 0.2) is 53.2 Å². The van der Waals surface area contributed by atoms with Gasteiger partial charge in [0.2, 0.25) is 0 Å². The maximum absolute atomic E-state index is 12.9. The van der Waals surface area contributed by atoms with Crippen LogP contribution >= 0.6 is 22.7 Å². The highest BCUT2D eigenvalue weighted by Crippen LogP contribution is 2.39. The quantitative estimate of drug-likeness (QED) is 0.669. The zero-order valence-corrected chi connectivity index (χ0v) is 15.6. The van der Waals surface area contributed by atoms with E-state index in [4.69, 9.17) is 4.74 Å². The molecular formula is C20H19NO2S2. The average molecular weight is 370 g/mol. The summed E-state index contributed by atoms with van der Waals surface area (Å²) in [7, 11) is 0. The zero-order valence-electron chi connectivity index (χ0n) is 14.0. The van der Waals surface area contributed by atoms with E-state index in [2.05, 4.69) is 22.9 Å². The van der Waals surface area contributed by atoms with Gasteiger partial charge in [-0.1, -0.05) is 24.3 Å². The number of carbonyl (C=O) groups is 1. The van der Waals surface area contributed by atoms with E-state index in [0.717, 1.165) is 24.3 Å². The molecule has 0 N–H and O–H groups in total. The van der Waals surface area contributed by atoms with Crippen LogP contribution in [0, 0.1) is 6.92 Å². The summed E-state index contributed by atoms with van der Waals surface area (Å²) in [5.74, 6) is 0.815. The molecule has 0 saturated heterocycles. The molecule has 25 heavy (non-hydrogen) atoms. The van der Waals surface area contributed by atoms with Gasteiger partial charge in [0, 0.05) is 16.3 Å². The number of ether oxygens (including phenoxy) is 1. The van der Waals surface area contributed by atoms with E-state index >= 15 is 0 Å². The number of fused-ring (bicyclic) bond motifs is 1. The smallest absolute Gasteiger partial charge is 0.261 e. The van der Waals surface area contributed by atoms with E-state index in [-0.39, 0.29) is 18.6 Å². The number of hydrogen-bond acceptors (Lipinski definition) is 4. The lowest BCUT2D eigenvalue weighted by Crippen LogP contribution is -2.42. The highest BCUT2D eigenvalue weighted by Gasteiger charge is 2.33. The summed E-state index contributed by atoms with van der Waals surface area (Å²) < 4.78 is 5.80. The van der Waals surface area contributed by atoms with E-state index in [9.17, 15) is 4.79 Å². The Morgan fingerprint density at radius 3 is 2.84 bits per heavy atom. The monoisotopic (exact) mass is 369 g/mol. The Balaban J connectivity index is 1.56. The van der Waals surface area contributed by atoms with Gasteiger partial charge >= 0.3 is 0 Å². The molecular weight excluding hydrogens is 350 g/mol. The van der Waals surface area contributed by atoms with Gasteiger partial charge in [0.25, 0.3) is 5.91 Å². The van der Waals surface area contributed by atoms with Gasteiger partial charge in [-0.05, 0) is 53.4 Å². The Labute approximate surface area is 155 Å². The maximum Gasteiger partial charge on any atom is 0.261 e. The third-order valence-corrected chi connectivity index (χ3v) is 6.46. The molecule has 0 spiro atoms. The minimum atomic E-state index is 0.0166. The van der Waals surface area contributed by atoms with Crippen LogP contribution in [0.4, 0.5) is 0 Å². The molecule has 4 rings (SSSR count). The van der Waals surface area contributed by atoms with Gasteiger partial charge in [0.15, 0.2) is 6.61 Å². The molecule has 1 aliphatic rings. The summed E-state index contributed by atoms with van der Waals surface area (Å²) in [4.78, 5) is 17.5. The lowest BCUT2D eigenvalue weighted by Gasteiger charge is -2.35. The van der Waals surface area contributed by atoms with E-state index < -0.39 is 0 Å². The third kappa shape index (κ3) is 3.22. The van der Waals surface area contributed by atoms with E-state index in [0.29, 0.717) is 0 Å². The topological polar surface area (TPSA) is 29.5 Å². The molecule has 0 fully saturated rings. The van der Waals surface area contributed by atoms with Gasteiger partial charge in [-0.15, -0.1) is 22.7 Å². The molecule has 1 aliphatic heterocycles. The van der Waals surface area contributed by atoms with Gasteiger partial charge in [-0.25, -0.2) is 0 Å². The number of rotatable bonds is 4. The van der Waals surface area contributed by atoms with Crippen LogP contribution in [0.2, 0.25) is 0 Å². The fourth-order valence-electron chi connectivity index (χ4n) is 3.28. The minimum Gasteiger partial charge on any atom is -0.484 e. The highest BCUT2D eigenvalue weighted by molar-refractivity contribution is 7.10. The number of benzene rings is 1. The molecule has 3 nitrogen and oxygen atoms in total. The molecule has 1 aromatic carbocycles. The summed E-state index contributed by atoms with van der Waals surface area (Å²) in [6.45, 7) is 2.81. The first kappa shape index (κ1) is 16.4. The van der Waals surface area contributed by atoms with Crippen LogP contribution in [0.1, 0.15) is 26.9 Å². The largest absolute Gasteiger partial charge is 0.484 e. The van der Waals surface area contributed by atoms with Crippen molar-refractivity contribution in [3.63, 3.8) is 0 Å². The van der Waals surface area contributed by atoms with Crippen LogP contribution in [0.5, 0.6) is 5.75 Å². The first-order chi connectivity index (χ1) is 12.2. The number of nitrogens with zero attached hydrogens (tertiary/aromatic N) is 1. The van der Waals surface area contributed by atoms with Crippen LogP contribution in [-0.2, 0) is 11.2 Å². The second-order valence-electron chi connectivity index (χ2n) is 6.11. The Morgan fingerprint density at radius 2 is 2.04 bits per heavy atom. The highest BCUT2D eigenvalue weighted by atomic mass is 32.1. The number of carbonyl (C=O) groups excluding carboxylic acids is 1. The molecule has 3 heterocycles. The molecule has 1 atom stereocenters. The van der Waals surface area contributed by atoms with Crippen molar-refractivity contribution in [1.82, 2.24) is 4.90 Å². The van der Waals surface area contributed by atoms with Gasteiger partial charge in [-0.2, -0.15) is 0 Å². The molecule has 128 valence electrons.